The number of nitrogens with one attached hydrogen (secondary N) is 1. The second-order valence-electron chi connectivity index (χ2n) is 8.25. The molecule has 0 aromatic rings. The molecule has 2 aliphatic rings. The van der Waals surface area contributed by atoms with Gasteiger partial charge in [0.2, 0.25) is 0 Å². The fourth-order valence-electron chi connectivity index (χ4n) is 3.68. The smallest absolute Gasteiger partial charge is 0.410 e. The van der Waals surface area contributed by atoms with Crippen molar-refractivity contribution in [3.05, 3.63) is 0 Å². The van der Waals surface area contributed by atoms with E-state index >= 15 is 0 Å². The number of piperidine rings is 1. The van der Waals surface area contributed by atoms with E-state index in [0.29, 0.717) is 12.6 Å². The molecule has 2 rings (SSSR count). The molecule has 3 atom stereocenters. The fraction of sp³-hybridized carbons (Fsp3) is 0.941. The SMILES string of the molecule is CSCC(C)(O)CNC1CC2CCC(C1)N2C(=O)OC(C)(C)C. The van der Waals surface area contributed by atoms with Gasteiger partial charge in [0.1, 0.15) is 5.60 Å². The van der Waals surface area contributed by atoms with Crippen molar-refractivity contribution in [1.82, 2.24) is 10.2 Å². The first kappa shape index (κ1) is 18.9. The molecule has 6 heteroatoms. The van der Waals surface area contributed by atoms with Gasteiger partial charge in [0.25, 0.3) is 0 Å². The third-order valence-electron chi connectivity index (χ3n) is 4.56. The van der Waals surface area contributed by atoms with Crippen LogP contribution in [0.4, 0.5) is 4.79 Å². The van der Waals surface area contributed by atoms with Crippen molar-refractivity contribution in [2.75, 3.05) is 18.6 Å². The Labute approximate surface area is 144 Å². The zero-order valence-corrected chi connectivity index (χ0v) is 15.9. The molecule has 2 N–H and O–H groups in total. The molecule has 134 valence electrons. The summed E-state index contributed by atoms with van der Waals surface area (Å²) >= 11 is 1.66. The highest BCUT2D eigenvalue weighted by Crippen LogP contribution is 2.36. The Morgan fingerprint density at radius 3 is 2.30 bits per heavy atom. The minimum absolute atomic E-state index is 0.169. The predicted molar refractivity (Wildman–Crippen MR) is 94.9 cm³/mol. The number of aliphatic hydroxyl groups is 1. The van der Waals surface area contributed by atoms with Crippen LogP contribution in [0.15, 0.2) is 0 Å². The van der Waals surface area contributed by atoms with Crippen LogP contribution in [-0.2, 0) is 4.74 Å². The first-order valence-corrected chi connectivity index (χ1v) is 9.97. The minimum Gasteiger partial charge on any atom is -0.444 e. The summed E-state index contributed by atoms with van der Waals surface area (Å²) in [5, 5.41) is 13.8. The maximum atomic E-state index is 12.4. The van der Waals surface area contributed by atoms with E-state index in [1.54, 1.807) is 11.8 Å². The maximum Gasteiger partial charge on any atom is 0.410 e. The van der Waals surface area contributed by atoms with E-state index in [0.717, 1.165) is 31.4 Å². The highest BCUT2D eigenvalue weighted by atomic mass is 32.2. The molecule has 0 aromatic heterocycles. The normalized spacial score (nSPS) is 30.2. The number of amides is 1. The Morgan fingerprint density at radius 1 is 1.26 bits per heavy atom. The van der Waals surface area contributed by atoms with Crippen molar-refractivity contribution in [2.24, 2.45) is 0 Å². The lowest BCUT2D eigenvalue weighted by molar-refractivity contribution is 0.00304. The summed E-state index contributed by atoms with van der Waals surface area (Å²) in [6, 6.07) is 0.915. The van der Waals surface area contributed by atoms with Crippen molar-refractivity contribution in [3.8, 4) is 0 Å². The van der Waals surface area contributed by atoms with Crippen LogP contribution in [0.1, 0.15) is 53.4 Å². The standard InChI is InChI=1S/C17H32N2O3S/c1-16(2,3)22-15(20)19-13-6-7-14(19)9-12(8-13)18-10-17(4,21)11-23-5/h12-14,18,21H,6-11H2,1-5H3. The van der Waals surface area contributed by atoms with Gasteiger partial charge in [-0.3, -0.25) is 0 Å². The molecule has 23 heavy (non-hydrogen) atoms. The van der Waals surface area contributed by atoms with Crippen LogP contribution in [0.3, 0.4) is 0 Å². The number of ether oxygens (including phenoxy) is 1. The molecule has 0 radical (unpaired) electrons. The zero-order chi connectivity index (χ0) is 17.3. The summed E-state index contributed by atoms with van der Waals surface area (Å²) in [7, 11) is 0. The summed E-state index contributed by atoms with van der Waals surface area (Å²) < 4.78 is 5.56. The quantitative estimate of drug-likeness (QED) is 0.803. The van der Waals surface area contributed by atoms with E-state index in [2.05, 4.69) is 5.32 Å². The first-order valence-electron chi connectivity index (χ1n) is 8.57. The van der Waals surface area contributed by atoms with Crippen molar-refractivity contribution in [3.63, 3.8) is 0 Å². The van der Waals surface area contributed by atoms with Gasteiger partial charge < -0.3 is 20.1 Å². The van der Waals surface area contributed by atoms with E-state index < -0.39 is 11.2 Å². The Kier molecular flexibility index (Phi) is 5.90. The highest BCUT2D eigenvalue weighted by molar-refractivity contribution is 7.98. The number of fused-ring (bicyclic) bond motifs is 2. The lowest BCUT2D eigenvalue weighted by Crippen LogP contribution is -2.54. The maximum absolute atomic E-state index is 12.4. The van der Waals surface area contributed by atoms with Gasteiger partial charge in [-0.1, -0.05) is 0 Å². The summed E-state index contributed by atoms with van der Waals surface area (Å²) in [6.45, 7) is 8.21. The predicted octanol–water partition coefficient (Wildman–Crippen LogP) is 2.62. The molecular formula is C17H32N2O3S. The van der Waals surface area contributed by atoms with Gasteiger partial charge in [-0.15, -0.1) is 0 Å². The third kappa shape index (κ3) is 5.26. The van der Waals surface area contributed by atoms with Crippen molar-refractivity contribution >= 4 is 17.9 Å². The van der Waals surface area contributed by atoms with Crippen LogP contribution in [0.25, 0.3) is 0 Å². The van der Waals surface area contributed by atoms with Crippen molar-refractivity contribution in [1.29, 1.82) is 0 Å². The molecule has 0 saturated carbocycles. The average molecular weight is 345 g/mol. The molecule has 3 unspecified atom stereocenters. The van der Waals surface area contributed by atoms with Crippen LogP contribution in [0.5, 0.6) is 0 Å². The van der Waals surface area contributed by atoms with Gasteiger partial charge in [-0.25, -0.2) is 4.79 Å². The zero-order valence-electron chi connectivity index (χ0n) is 15.1. The lowest BCUT2D eigenvalue weighted by Gasteiger charge is -2.40. The van der Waals surface area contributed by atoms with Gasteiger partial charge in [-0.2, -0.15) is 11.8 Å². The third-order valence-corrected chi connectivity index (χ3v) is 5.47. The number of rotatable bonds is 5. The number of hydrogen-bond acceptors (Lipinski definition) is 5. The van der Waals surface area contributed by atoms with Crippen LogP contribution in [0, 0.1) is 0 Å². The molecule has 5 nitrogen and oxygen atoms in total. The van der Waals surface area contributed by atoms with Gasteiger partial charge in [0.05, 0.1) is 5.60 Å². The molecule has 2 saturated heterocycles. The monoisotopic (exact) mass is 344 g/mol. The van der Waals surface area contributed by atoms with Crippen LogP contribution in [0.2, 0.25) is 0 Å². The number of carbonyl (C=O) groups excluding carboxylic acids is 1. The number of thioether (sulfide) groups is 1. The molecule has 2 fully saturated rings. The summed E-state index contributed by atoms with van der Waals surface area (Å²) in [4.78, 5) is 14.4. The molecule has 0 aliphatic carbocycles. The molecule has 2 aliphatic heterocycles. The van der Waals surface area contributed by atoms with Crippen LogP contribution < -0.4 is 5.32 Å². The summed E-state index contributed by atoms with van der Waals surface area (Å²) in [6.07, 6.45) is 5.86. The van der Waals surface area contributed by atoms with Gasteiger partial charge >= 0.3 is 6.09 Å². The molecule has 1 amide bonds. The first-order chi connectivity index (χ1) is 10.6. The Balaban J connectivity index is 1.88. The van der Waals surface area contributed by atoms with Crippen LogP contribution >= 0.6 is 11.8 Å². The highest BCUT2D eigenvalue weighted by Gasteiger charge is 2.44. The van der Waals surface area contributed by atoms with E-state index in [1.807, 2.05) is 38.9 Å². The van der Waals surface area contributed by atoms with Gasteiger partial charge in [0.15, 0.2) is 0 Å². The Morgan fingerprint density at radius 2 is 1.83 bits per heavy atom. The van der Waals surface area contributed by atoms with E-state index in [1.165, 1.54) is 0 Å². The van der Waals surface area contributed by atoms with Crippen LogP contribution in [-0.4, -0.2) is 64.0 Å². The van der Waals surface area contributed by atoms with Crippen molar-refractivity contribution in [2.45, 2.75) is 82.7 Å². The van der Waals surface area contributed by atoms with Crippen molar-refractivity contribution < 1.29 is 14.6 Å². The molecule has 0 aromatic carbocycles. The van der Waals surface area contributed by atoms with E-state index in [-0.39, 0.29) is 18.2 Å². The largest absolute Gasteiger partial charge is 0.444 e. The second kappa shape index (κ2) is 7.19. The molecule has 2 heterocycles. The summed E-state index contributed by atoms with van der Waals surface area (Å²) in [5.74, 6) is 0.726. The number of hydrogen-bond donors (Lipinski definition) is 2. The molecule has 0 spiro atoms. The Hall–Kier alpha value is -0.460. The Bertz CT molecular complexity index is 409. The fourth-order valence-corrected chi connectivity index (χ4v) is 4.41. The topological polar surface area (TPSA) is 61.8 Å². The number of nitrogens with zero attached hydrogens (tertiary/aromatic N) is 1. The molecular weight excluding hydrogens is 312 g/mol. The van der Waals surface area contributed by atoms with E-state index in [9.17, 15) is 9.90 Å². The van der Waals surface area contributed by atoms with E-state index in [4.69, 9.17) is 4.74 Å². The lowest BCUT2D eigenvalue weighted by atomic mass is 9.97. The minimum atomic E-state index is -0.680. The van der Waals surface area contributed by atoms with Gasteiger partial charge in [0, 0.05) is 30.4 Å². The number of carbonyl (C=O) groups is 1. The van der Waals surface area contributed by atoms with Gasteiger partial charge in [-0.05, 0) is 59.6 Å². The molecule has 2 bridgehead atoms. The second-order valence-corrected chi connectivity index (χ2v) is 9.12. The average Bonchev–Trinajstić information content (AvgIpc) is 2.66. The summed E-state index contributed by atoms with van der Waals surface area (Å²) in [5.41, 5.74) is -1.12.